The molecule has 7 nitrogen and oxygen atoms in total. The third-order valence-corrected chi connectivity index (χ3v) is 9.74. The molecule has 2 saturated heterocycles. The van der Waals surface area contributed by atoms with E-state index >= 15 is 0 Å². The van der Waals surface area contributed by atoms with Crippen molar-refractivity contribution in [1.82, 2.24) is 15.1 Å². The van der Waals surface area contributed by atoms with Gasteiger partial charge in [0.1, 0.15) is 12.1 Å². The van der Waals surface area contributed by atoms with Crippen LogP contribution in [0.5, 0.6) is 0 Å². The zero-order chi connectivity index (χ0) is 25.1. The molecule has 1 aromatic rings. The van der Waals surface area contributed by atoms with E-state index in [1.807, 2.05) is 44.2 Å². The van der Waals surface area contributed by atoms with E-state index in [-0.39, 0.29) is 29.8 Å². The van der Waals surface area contributed by atoms with E-state index in [0.717, 1.165) is 42.7 Å². The summed E-state index contributed by atoms with van der Waals surface area (Å²) in [6.07, 6.45) is 8.44. The van der Waals surface area contributed by atoms with Gasteiger partial charge in [-0.15, -0.1) is 0 Å². The normalized spacial score (nSPS) is 32.6. The summed E-state index contributed by atoms with van der Waals surface area (Å²) in [7, 11) is 0. The first kappa shape index (κ1) is 23.8. The average molecular weight is 493 g/mol. The van der Waals surface area contributed by atoms with E-state index in [2.05, 4.69) is 15.1 Å². The topological polar surface area (TPSA) is 73.0 Å². The SMILES string of the molecule is CC(C)NC(=O)CN1CN(c2ccccc2)C2(CCN(C(=O)C34CC5CC(CC(C5)C3)C4)CC2)C1=O. The van der Waals surface area contributed by atoms with Gasteiger partial charge in [0.05, 0.1) is 12.1 Å². The first-order valence-corrected chi connectivity index (χ1v) is 14.0. The molecule has 0 aromatic heterocycles. The number of para-hydroxylation sites is 1. The summed E-state index contributed by atoms with van der Waals surface area (Å²) in [5.41, 5.74) is 0.162. The highest BCUT2D eigenvalue weighted by molar-refractivity contribution is 5.96. The van der Waals surface area contributed by atoms with E-state index in [1.165, 1.54) is 19.3 Å². The van der Waals surface area contributed by atoms with Gasteiger partial charge >= 0.3 is 0 Å². The van der Waals surface area contributed by atoms with Crippen molar-refractivity contribution in [3.05, 3.63) is 30.3 Å². The van der Waals surface area contributed by atoms with Crippen molar-refractivity contribution >= 4 is 23.4 Å². The van der Waals surface area contributed by atoms with Crippen LogP contribution < -0.4 is 10.2 Å². The van der Waals surface area contributed by atoms with Crippen molar-refractivity contribution < 1.29 is 14.4 Å². The second kappa shape index (κ2) is 8.77. The molecular formula is C29H40N4O3. The summed E-state index contributed by atoms with van der Waals surface area (Å²) in [6.45, 7) is 5.55. The smallest absolute Gasteiger partial charge is 0.250 e. The van der Waals surface area contributed by atoms with Crippen LogP contribution >= 0.6 is 0 Å². The fourth-order valence-corrected chi connectivity index (χ4v) is 8.65. The van der Waals surface area contributed by atoms with Crippen LogP contribution in [0.3, 0.4) is 0 Å². The molecule has 1 N–H and O–H groups in total. The Kier molecular flexibility index (Phi) is 5.80. The number of nitrogens with zero attached hydrogens (tertiary/aromatic N) is 3. The van der Waals surface area contributed by atoms with Crippen LogP contribution in [0.25, 0.3) is 0 Å². The number of piperidine rings is 1. The molecule has 7 heteroatoms. The highest BCUT2D eigenvalue weighted by atomic mass is 16.2. The number of amides is 3. The molecule has 4 bridgehead atoms. The van der Waals surface area contributed by atoms with Gasteiger partial charge in [0.15, 0.2) is 0 Å². The monoisotopic (exact) mass is 492 g/mol. The summed E-state index contributed by atoms with van der Waals surface area (Å²) in [6, 6.07) is 10.1. The van der Waals surface area contributed by atoms with Gasteiger partial charge in [-0.1, -0.05) is 18.2 Å². The number of carbonyl (C=O) groups excluding carboxylic acids is 3. The molecule has 3 amide bonds. The number of benzene rings is 1. The number of hydrogen-bond acceptors (Lipinski definition) is 4. The Morgan fingerprint density at radius 1 is 0.972 bits per heavy atom. The van der Waals surface area contributed by atoms with Crippen LogP contribution in [0.4, 0.5) is 5.69 Å². The summed E-state index contributed by atoms with van der Waals surface area (Å²) in [4.78, 5) is 46.4. The van der Waals surface area contributed by atoms with Crippen LogP contribution in [0.15, 0.2) is 30.3 Å². The van der Waals surface area contributed by atoms with Gasteiger partial charge < -0.3 is 20.0 Å². The maximum atomic E-state index is 14.0. The highest BCUT2D eigenvalue weighted by Crippen LogP contribution is 2.60. The van der Waals surface area contributed by atoms with Gasteiger partial charge in [-0.3, -0.25) is 14.4 Å². The Balaban J connectivity index is 1.20. The maximum absolute atomic E-state index is 14.0. The second-order valence-electron chi connectivity index (χ2n) is 12.7. The molecule has 1 spiro atoms. The molecule has 6 aliphatic rings. The van der Waals surface area contributed by atoms with E-state index in [1.54, 1.807) is 4.90 Å². The van der Waals surface area contributed by atoms with Crippen LogP contribution in [-0.2, 0) is 14.4 Å². The number of rotatable bonds is 5. The first-order chi connectivity index (χ1) is 17.3. The van der Waals surface area contributed by atoms with E-state index in [0.29, 0.717) is 38.5 Å². The fourth-order valence-electron chi connectivity index (χ4n) is 8.65. The lowest BCUT2D eigenvalue weighted by molar-refractivity contribution is -0.160. The molecule has 4 aliphatic carbocycles. The van der Waals surface area contributed by atoms with Gasteiger partial charge in [-0.25, -0.2) is 0 Å². The number of likely N-dealkylation sites (tertiary alicyclic amines) is 1. The van der Waals surface area contributed by atoms with E-state index in [9.17, 15) is 14.4 Å². The van der Waals surface area contributed by atoms with Crippen molar-refractivity contribution in [3.8, 4) is 0 Å². The molecule has 6 fully saturated rings. The molecule has 2 aliphatic heterocycles. The number of anilines is 1. The van der Waals surface area contributed by atoms with Crippen molar-refractivity contribution in [2.45, 2.75) is 76.8 Å². The molecule has 1 aromatic carbocycles. The Morgan fingerprint density at radius 2 is 1.56 bits per heavy atom. The molecule has 0 radical (unpaired) electrons. The lowest BCUT2D eigenvalue weighted by Gasteiger charge is -2.57. The van der Waals surface area contributed by atoms with Crippen molar-refractivity contribution in [1.29, 1.82) is 0 Å². The fraction of sp³-hybridized carbons (Fsp3) is 0.690. The minimum atomic E-state index is -0.697. The number of nitrogens with one attached hydrogen (secondary N) is 1. The Hall–Kier alpha value is -2.57. The van der Waals surface area contributed by atoms with Crippen molar-refractivity contribution in [2.24, 2.45) is 23.2 Å². The van der Waals surface area contributed by atoms with Gasteiger partial charge in [-0.2, -0.15) is 0 Å². The second-order valence-corrected chi connectivity index (χ2v) is 12.7. The molecule has 0 unspecified atom stereocenters. The Bertz CT molecular complexity index is 995. The number of carbonyl (C=O) groups is 3. The Morgan fingerprint density at radius 3 is 2.11 bits per heavy atom. The van der Waals surface area contributed by atoms with Gasteiger partial charge in [0.25, 0.3) is 5.91 Å². The first-order valence-electron chi connectivity index (χ1n) is 14.0. The quantitative estimate of drug-likeness (QED) is 0.684. The van der Waals surface area contributed by atoms with E-state index < -0.39 is 5.54 Å². The van der Waals surface area contributed by atoms with Gasteiger partial charge in [0, 0.05) is 24.8 Å². The standard InChI is InChI=1S/C29H40N4O3/c1-20(2)30-25(34)18-32-19-33(24-6-4-3-5-7-24)29(27(32)36)8-10-31(11-9-29)26(35)28-15-21-12-22(16-28)14-23(13-21)17-28/h3-7,20-23H,8-19H2,1-2H3,(H,30,34). The summed E-state index contributed by atoms with van der Waals surface area (Å²) >= 11 is 0. The van der Waals surface area contributed by atoms with Gasteiger partial charge in [0.2, 0.25) is 11.8 Å². The minimum absolute atomic E-state index is 0.0205. The minimum Gasteiger partial charge on any atom is -0.352 e. The largest absolute Gasteiger partial charge is 0.352 e. The molecule has 4 saturated carbocycles. The lowest BCUT2D eigenvalue weighted by atomic mass is 9.49. The lowest BCUT2D eigenvalue weighted by Crippen LogP contribution is -2.61. The van der Waals surface area contributed by atoms with Crippen LogP contribution in [0.1, 0.15) is 65.2 Å². The predicted molar refractivity (Wildman–Crippen MR) is 138 cm³/mol. The van der Waals surface area contributed by atoms with Crippen LogP contribution in [0.2, 0.25) is 0 Å². The van der Waals surface area contributed by atoms with Crippen molar-refractivity contribution in [3.63, 3.8) is 0 Å². The van der Waals surface area contributed by atoms with Crippen molar-refractivity contribution in [2.75, 3.05) is 31.2 Å². The molecule has 36 heavy (non-hydrogen) atoms. The van der Waals surface area contributed by atoms with Crippen LogP contribution in [-0.4, -0.2) is 65.4 Å². The average Bonchev–Trinajstić information content (AvgIpc) is 3.09. The third kappa shape index (κ3) is 3.90. The molecule has 7 rings (SSSR count). The van der Waals surface area contributed by atoms with Crippen LogP contribution in [0, 0.1) is 23.2 Å². The third-order valence-electron chi connectivity index (χ3n) is 9.74. The zero-order valence-electron chi connectivity index (χ0n) is 21.7. The molecule has 0 atom stereocenters. The number of hydrogen-bond donors (Lipinski definition) is 1. The van der Waals surface area contributed by atoms with Gasteiger partial charge in [-0.05, 0) is 95.1 Å². The highest BCUT2D eigenvalue weighted by Gasteiger charge is 2.58. The summed E-state index contributed by atoms with van der Waals surface area (Å²) in [5, 5.41) is 2.92. The zero-order valence-corrected chi connectivity index (χ0v) is 21.7. The maximum Gasteiger partial charge on any atom is 0.250 e. The predicted octanol–water partition coefficient (Wildman–Crippen LogP) is 3.39. The molecule has 2 heterocycles. The molecule has 194 valence electrons. The van der Waals surface area contributed by atoms with E-state index in [4.69, 9.17) is 0 Å². The summed E-state index contributed by atoms with van der Waals surface area (Å²) < 4.78 is 0. The summed E-state index contributed by atoms with van der Waals surface area (Å²) in [5.74, 6) is 2.48. The molecular weight excluding hydrogens is 452 g/mol. The Labute approximate surface area is 214 Å².